The zero-order valence-corrected chi connectivity index (χ0v) is 31.9. The second kappa shape index (κ2) is 33.6. The van der Waals surface area contributed by atoms with Crippen LogP contribution in [0.5, 0.6) is 0 Å². The van der Waals surface area contributed by atoms with Gasteiger partial charge in [0, 0.05) is 12.8 Å². The van der Waals surface area contributed by atoms with E-state index in [9.17, 15) is 34.1 Å². The standard InChI is InChI=1S/C37H72NO10P/c1-3-5-7-8-9-10-11-12-13-14-15-16-17-18-19-20-21-22-23-24-25-26-27-29-36(41)46-30-33(39)31-47-49(44,45)48-32-34(37(42)43)38-35(40)28-6-4-2/h33-34,39H,3-32H2,1-2H3,(H,38,40)(H,42,43)(H,44,45). The number of rotatable bonds is 37. The Bertz CT molecular complexity index is 859. The molecule has 290 valence electrons. The molecule has 0 aliphatic carbocycles. The maximum atomic E-state index is 12.0. The van der Waals surface area contributed by atoms with E-state index in [4.69, 9.17) is 4.74 Å². The Balaban J connectivity index is 3.62. The molecule has 0 saturated carbocycles. The Morgan fingerprint density at radius 3 is 1.37 bits per heavy atom. The minimum absolute atomic E-state index is 0.123. The van der Waals surface area contributed by atoms with Gasteiger partial charge in [-0.05, 0) is 12.8 Å². The van der Waals surface area contributed by atoms with Gasteiger partial charge in [-0.1, -0.05) is 162 Å². The Hall–Kier alpha value is -1.52. The zero-order chi connectivity index (χ0) is 36.4. The first-order valence-electron chi connectivity index (χ1n) is 19.6. The van der Waals surface area contributed by atoms with Gasteiger partial charge in [-0.3, -0.25) is 18.6 Å². The number of carbonyl (C=O) groups excluding carboxylic acids is 2. The van der Waals surface area contributed by atoms with E-state index in [1.165, 1.54) is 122 Å². The predicted molar refractivity (Wildman–Crippen MR) is 194 cm³/mol. The molecule has 0 aromatic rings. The number of esters is 1. The number of aliphatic hydroxyl groups is 1. The summed E-state index contributed by atoms with van der Waals surface area (Å²) < 4.78 is 26.4. The summed E-state index contributed by atoms with van der Waals surface area (Å²) in [5, 5.41) is 21.4. The number of amides is 1. The molecule has 0 aliphatic heterocycles. The third-order valence-electron chi connectivity index (χ3n) is 8.65. The number of carbonyl (C=O) groups is 3. The van der Waals surface area contributed by atoms with Crippen molar-refractivity contribution in [1.82, 2.24) is 5.32 Å². The minimum Gasteiger partial charge on any atom is -0.480 e. The van der Waals surface area contributed by atoms with Crippen LogP contribution in [0.2, 0.25) is 0 Å². The maximum Gasteiger partial charge on any atom is 0.472 e. The number of phosphoric ester groups is 1. The van der Waals surface area contributed by atoms with Gasteiger partial charge in [-0.15, -0.1) is 0 Å². The van der Waals surface area contributed by atoms with Crippen LogP contribution in [0.3, 0.4) is 0 Å². The first-order valence-corrected chi connectivity index (χ1v) is 21.1. The SMILES string of the molecule is CCCCCCCCCCCCCCCCCCCCCCCCCC(=O)OCC(O)COP(=O)(O)OCC(NC(=O)CCCC)C(=O)O. The number of carboxylic acids is 1. The Kier molecular flexibility index (Phi) is 32.6. The van der Waals surface area contributed by atoms with Crippen molar-refractivity contribution in [2.45, 2.75) is 199 Å². The quantitative estimate of drug-likeness (QED) is 0.0276. The fraction of sp³-hybridized carbons (Fsp3) is 0.919. The molecule has 12 heteroatoms. The number of ether oxygens (including phenoxy) is 1. The third-order valence-corrected chi connectivity index (χ3v) is 9.60. The molecule has 0 bridgehead atoms. The van der Waals surface area contributed by atoms with Crippen LogP contribution in [0, 0.1) is 0 Å². The van der Waals surface area contributed by atoms with Gasteiger partial charge in [0.1, 0.15) is 12.7 Å². The van der Waals surface area contributed by atoms with Crippen molar-refractivity contribution in [3.63, 3.8) is 0 Å². The molecule has 49 heavy (non-hydrogen) atoms. The minimum atomic E-state index is -4.72. The number of carboxylic acid groups (broad SMARTS) is 1. The molecule has 0 fully saturated rings. The molecule has 3 atom stereocenters. The Morgan fingerprint density at radius 2 is 0.959 bits per heavy atom. The number of phosphoric acid groups is 1. The van der Waals surface area contributed by atoms with Crippen LogP contribution in [0.4, 0.5) is 0 Å². The zero-order valence-electron chi connectivity index (χ0n) is 31.0. The number of aliphatic carboxylic acids is 1. The second-order valence-electron chi connectivity index (χ2n) is 13.5. The molecule has 1 amide bonds. The van der Waals surface area contributed by atoms with Crippen molar-refractivity contribution in [3.8, 4) is 0 Å². The van der Waals surface area contributed by atoms with Crippen LogP contribution in [0.1, 0.15) is 187 Å². The molecule has 0 rings (SSSR count). The summed E-state index contributed by atoms with van der Waals surface area (Å²) in [6.45, 7) is 2.27. The van der Waals surface area contributed by atoms with Gasteiger partial charge in [-0.25, -0.2) is 9.36 Å². The lowest BCUT2D eigenvalue weighted by molar-refractivity contribution is -0.147. The van der Waals surface area contributed by atoms with Crippen molar-refractivity contribution in [2.75, 3.05) is 19.8 Å². The summed E-state index contributed by atoms with van der Waals surface area (Å²) in [5.41, 5.74) is 0. The van der Waals surface area contributed by atoms with Crippen LogP contribution < -0.4 is 5.32 Å². The summed E-state index contributed by atoms with van der Waals surface area (Å²) in [7, 11) is -4.72. The first-order chi connectivity index (χ1) is 23.6. The fourth-order valence-electron chi connectivity index (χ4n) is 5.53. The lowest BCUT2D eigenvalue weighted by Gasteiger charge is -2.18. The van der Waals surface area contributed by atoms with Gasteiger partial charge in [-0.2, -0.15) is 0 Å². The summed E-state index contributed by atoms with van der Waals surface area (Å²) in [4.78, 5) is 44.8. The van der Waals surface area contributed by atoms with Crippen LogP contribution in [-0.4, -0.2) is 64.9 Å². The first kappa shape index (κ1) is 47.5. The molecule has 4 N–H and O–H groups in total. The molecule has 0 heterocycles. The summed E-state index contributed by atoms with van der Waals surface area (Å²) in [6, 6.07) is -1.53. The van der Waals surface area contributed by atoms with Crippen molar-refractivity contribution in [3.05, 3.63) is 0 Å². The van der Waals surface area contributed by atoms with Crippen molar-refractivity contribution >= 4 is 25.7 Å². The van der Waals surface area contributed by atoms with Crippen molar-refractivity contribution < 1.29 is 47.8 Å². The highest BCUT2D eigenvalue weighted by Crippen LogP contribution is 2.43. The number of hydrogen-bond donors (Lipinski definition) is 4. The lowest BCUT2D eigenvalue weighted by atomic mass is 10.0. The number of hydrogen-bond acceptors (Lipinski definition) is 8. The van der Waals surface area contributed by atoms with E-state index in [1.807, 2.05) is 6.92 Å². The summed E-state index contributed by atoms with van der Waals surface area (Å²) in [5.74, 6) is -2.41. The molecule has 11 nitrogen and oxygen atoms in total. The molecule has 0 saturated heterocycles. The van der Waals surface area contributed by atoms with E-state index >= 15 is 0 Å². The molecule has 0 spiro atoms. The normalized spacial score (nSPS) is 13.9. The van der Waals surface area contributed by atoms with Gasteiger partial charge in [0.2, 0.25) is 5.91 Å². The van der Waals surface area contributed by atoms with Gasteiger partial charge in [0.25, 0.3) is 0 Å². The van der Waals surface area contributed by atoms with Gasteiger partial charge in [0.05, 0.1) is 13.2 Å². The van der Waals surface area contributed by atoms with E-state index in [0.29, 0.717) is 12.8 Å². The molecular weight excluding hydrogens is 649 g/mol. The van der Waals surface area contributed by atoms with Gasteiger partial charge >= 0.3 is 19.8 Å². The number of nitrogens with one attached hydrogen (secondary N) is 1. The topological polar surface area (TPSA) is 169 Å². The van der Waals surface area contributed by atoms with Crippen LogP contribution in [-0.2, 0) is 32.7 Å². The molecule has 0 aliphatic rings. The van der Waals surface area contributed by atoms with Crippen LogP contribution >= 0.6 is 7.82 Å². The highest BCUT2D eigenvalue weighted by molar-refractivity contribution is 7.47. The number of unbranched alkanes of at least 4 members (excludes halogenated alkanes) is 23. The van der Waals surface area contributed by atoms with Crippen LogP contribution in [0.15, 0.2) is 0 Å². The Labute approximate surface area is 297 Å². The lowest BCUT2D eigenvalue weighted by Crippen LogP contribution is -2.43. The second-order valence-corrected chi connectivity index (χ2v) is 14.9. The van der Waals surface area contributed by atoms with E-state index < -0.39 is 57.6 Å². The Morgan fingerprint density at radius 1 is 0.571 bits per heavy atom. The van der Waals surface area contributed by atoms with Gasteiger partial charge < -0.3 is 25.2 Å². The van der Waals surface area contributed by atoms with Crippen molar-refractivity contribution in [1.29, 1.82) is 0 Å². The average Bonchev–Trinajstić information content (AvgIpc) is 3.07. The highest BCUT2D eigenvalue weighted by atomic mass is 31.2. The van der Waals surface area contributed by atoms with Crippen LogP contribution in [0.25, 0.3) is 0 Å². The molecule has 0 aromatic carbocycles. The predicted octanol–water partition coefficient (Wildman–Crippen LogP) is 9.17. The number of aliphatic hydroxyl groups excluding tert-OH is 1. The molecular formula is C37H72NO10P. The van der Waals surface area contributed by atoms with E-state index in [-0.39, 0.29) is 12.8 Å². The largest absolute Gasteiger partial charge is 0.480 e. The highest BCUT2D eigenvalue weighted by Gasteiger charge is 2.28. The fourth-order valence-corrected chi connectivity index (χ4v) is 6.30. The smallest absolute Gasteiger partial charge is 0.472 e. The summed E-state index contributed by atoms with van der Waals surface area (Å²) in [6.07, 6.45) is 30.3. The maximum absolute atomic E-state index is 12.0. The third kappa shape index (κ3) is 33.4. The molecule has 3 unspecified atom stereocenters. The van der Waals surface area contributed by atoms with Gasteiger partial charge in [0.15, 0.2) is 6.04 Å². The van der Waals surface area contributed by atoms with E-state index in [0.717, 1.165) is 25.7 Å². The van der Waals surface area contributed by atoms with E-state index in [1.54, 1.807) is 0 Å². The van der Waals surface area contributed by atoms with Crippen molar-refractivity contribution in [2.24, 2.45) is 0 Å². The average molecular weight is 722 g/mol. The monoisotopic (exact) mass is 721 g/mol. The summed E-state index contributed by atoms with van der Waals surface area (Å²) >= 11 is 0. The molecule has 0 radical (unpaired) electrons. The van der Waals surface area contributed by atoms with E-state index in [2.05, 4.69) is 21.3 Å². The molecule has 0 aromatic heterocycles.